The summed E-state index contributed by atoms with van der Waals surface area (Å²) in [6, 6.07) is 5.62. The fourth-order valence-corrected chi connectivity index (χ4v) is 2.16. The molecule has 0 aromatic heterocycles. The van der Waals surface area contributed by atoms with E-state index in [-0.39, 0.29) is 11.7 Å². The molecule has 1 aromatic rings. The number of piperidine rings is 1. The van der Waals surface area contributed by atoms with Gasteiger partial charge in [-0.05, 0) is 24.6 Å². The molecule has 0 bridgehead atoms. The molecule has 92 valence electrons. The lowest BCUT2D eigenvalue weighted by atomic mass is 10.1. The molecule has 1 fully saturated rings. The van der Waals surface area contributed by atoms with E-state index in [1.165, 1.54) is 23.1 Å². The monoisotopic (exact) mass is 238 g/mol. The van der Waals surface area contributed by atoms with Crippen LogP contribution >= 0.6 is 0 Å². The molecule has 0 aliphatic carbocycles. The first-order chi connectivity index (χ1) is 8.15. The number of rotatable bonds is 2. The quantitative estimate of drug-likeness (QED) is 0.767. The van der Waals surface area contributed by atoms with E-state index < -0.39 is 11.8 Å². The van der Waals surface area contributed by atoms with Crippen molar-refractivity contribution in [1.82, 2.24) is 0 Å². The standard InChI is InChI=1S/C13H16FNO2/c1-15-7-3-6-12(9-15)17-13(16)10-4-2-5-11(14)8-10/h2,4-5,8,12H,3,6-7,9H2,1H3/p+1/t12-/m0/s1. The van der Waals surface area contributed by atoms with Crippen LogP contribution in [0.2, 0.25) is 0 Å². The highest BCUT2D eigenvalue weighted by molar-refractivity contribution is 5.89. The van der Waals surface area contributed by atoms with E-state index in [1.54, 1.807) is 6.07 Å². The lowest BCUT2D eigenvalue weighted by molar-refractivity contribution is -0.888. The topological polar surface area (TPSA) is 30.7 Å². The molecule has 0 saturated carbocycles. The van der Waals surface area contributed by atoms with Crippen LogP contribution in [0.3, 0.4) is 0 Å². The van der Waals surface area contributed by atoms with Gasteiger partial charge in [-0.15, -0.1) is 0 Å². The Morgan fingerprint density at radius 2 is 2.35 bits per heavy atom. The third-order valence-corrected chi connectivity index (χ3v) is 3.04. The lowest BCUT2D eigenvalue weighted by Crippen LogP contribution is -3.11. The molecule has 4 heteroatoms. The number of nitrogens with one attached hydrogen (secondary N) is 1. The zero-order valence-electron chi connectivity index (χ0n) is 9.91. The second-order valence-electron chi connectivity index (χ2n) is 4.59. The first kappa shape index (κ1) is 12.0. The number of quaternary nitrogens is 1. The molecule has 1 unspecified atom stereocenters. The summed E-state index contributed by atoms with van der Waals surface area (Å²) in [7, 11) is 2.09. The Morgan fingerprint density at radius 1 is 1.53 bits per heavy atom. The van der Waals surface area contributed by atoms with Gasteiger partial charge in [-0.25, -0.2) is 9.18 Å². The number of carbonyl (C=O) groups is 1. The molecule has 0 spiro atoms. The molecule has 1 saturated heterocycles. The van der Waals surface area contributed by atoms with Crippen molar-refractivity contribution in [2.45, 2.75) is 18.9 Å². The number of hydrogen-bond acceptors (Lipinski definition) is 2. The lowest BCUT2D eigenvalue weighted by Gasteiger charge is -2.26. The summed E-state index contributed by atoms with van der Waals surface area (Å²) < 4.78 is 18.3. The van der Waals surface area contributed by atoms with E-state index in [1.807, 2.05) is 0 Å². The van der Waals surface area contributed by atoms with Gasteiger partial charge < -0.3 is 9.64 Å². The van der Waals surface area contributed by atoms with E-state index in [4.69, 9.17) is 4.74 Å². The van der Waals surface area contributed by atoms with Gasteiger partial charge >= 0.3 is 5.97 Å². The number of esters is 1. The molecular weight excluding hydrogens is 221 g/mol. The normalized spacial score (nSPS) is 24.4. The molecule has 1 aliphatic rings. The Labute approximate surface area is 100 Å². The van der Waals surface area contributed by atoms with Crippen LogP contribution in [0.1, 0.15) is 23.2 Å². The zero-order chi connectivity index (χ0) is 12.3. The summed E-state index contributed by atoms with van der Waals surface area (Å²) in [6.45, 7) is 1.95. The van der Waals surface area contributed by atoms with Gasteiger partial charge in [0.1, 0.15) is 12.4 Å². The van der Waals surface area contributed by atoms with E-state index in [2.05, 4.69) is 7.05 Å². The number of ether oxygens (including phenoxy) is 1. The average molecular weight is 238 g/mol. The average Bonchev–Trinajstić information content (AvgIpc) is 2.29. The minimum Gasteiger partial charge on any atom is -0.453 e. The summed E-state index contributed by atoms with van der Waals surface area (Å²) >= 11 is 0. The molecule has 0 amide bonds. The molecule has 1 heterocycles. The van der Waals surface area contributed by atoms with Gasteiger partial charge in [0.2, 0.25) is 0 Å². The second-order valence-corrected chi connectivity index (χ2v) is 4.59. The Hall–Kier alpha value is -1.42. The highest BCUT2D eigenvalue weighted by Gasteiger charge is 2.24. The predicted octanol–water partition coefficient (Wildman–Crippen LogP) is 0.660. The Kier molecular flexibility index (Phi) is 3.74. The fraction of sp³-hybridized carbons (Fsp3) is 0.462. The van der Waals surface area contributed by atoms with Gasteiger partial charge in [-0.3, -0.25) is 0 Å². The molecular formula is C13H17FNO2+. The van der Waals surface area contributed by atoms with Crippen LogP contribution in [-0.2, 0) is 4.74 Å². The summed E-state index contributed by atoms with van der Waals surface area (Å²) in [4.78, 5) is 13.1. The van der Waals surface area contributed by atoms with Crippen LogP contribution in [-0.4, -0.2) is 32.2 Å². The molecule has 2 atom stereocenters. The molecule has 0 radical (unpaired) electrons. The van der Waals surface area contributed by atoms with Crippen molar-refractivity contribution in [2.24, 2.45) is 0 Å². The van der Waals surface area contributed by atoms with Crippen molar-refractivity contribution in [2.75, 3.05) is 20.1 Å². The largest absolute Gasteiger partial charge is 0.453 e. The first-order valence-corrected chi connectivity index (χ1v) is 5.93. The number of benzene rings is 1. The summed E-state index contributed by atoms with van der Waals surface area (Å²) in [6.07, 6.45) is 1.92. The van der Waals surface area contributed by atoms with E-state index in [0.717, 1.165) is 25.9 Å². The van der Waals surface area contributed by atoms with Gasteiger partial charge in [0, 0.05) is 6.42 Å². The molecule has 1 aliphatic heterocycles. The number of hydrogen-bond donors (Lipinski definition) is 1. The van der Waals surface area contributed by atoms with Crippen LogP contribution in [0, 0.1) is 5.82 Å². The third-order valence-electron chi connectivity index (χ3n) is 3.04. The number of likely N-dealkylation sites (tertiary alicyclic amines) is 1. The SMILES string of the molecule is C[NH+]1CCC[C@H](OC(=O)c2cccc(F)c2)C1. The van der Waals surface area contributed by atoms with Crippen molar-refractivity contribution in [3.05, 3.63) is 35.6 Å². The third kappa shape index (κ3) is 3.27. The van der Waals surface area contributed by atoms with Gasteiger partial charge in [0.05, 0.1) is 19.2 Å². The maximum atomic E-state index is 13.0. The summed E-state index contributed by atoms with van der Waals surface area (Å²) in [5, 5.41) is 0. The van der Waals surface area contributed by atoms with E-state index in [9.17, 15) is 9.18 Å². The maximum Gasteiger partial charge on any atom is 0.338 e. The van der Waals surface area contributed by atoms with Crippen molar-refractivity contribution in [3.63, 3.8) is 0 Å². The van der Waals surface area contributed by atoms with Crippen molar-refractivity contribution in [1.29, 1.82) is 0 Å². The van der Waals surface area contributed by atoms with Gasteiger partial charge in [-0.1, -0.05) is 6.07 Å². The second kappa shape index (κ2) is 5.27. The van der Waals surface area contributed by atoms with Crippen LogP contribution < -0.4 is 4.90 Å². The predicted molar refractivity (Wildman–Crippen MR) is 61.5 cm³/mol. The highest BCUT2D eigenvalue weighted by Crippen LogP contribution is 2.10. The van der Waals surface area contributed by atoms with Gasteiger partial charge in [0.15, 0.2) is 6.10 Å². The van der Waals surface area contributed by atoms with Crippen molar-refractivity contribution < 1.29 is 18.8 Å². The molecule has 2 rings (SSSR count). The zero-order valence-corrected chi connectivity index (χ0v) is 9.91. The minimum absolute atomic E-state index is 0.0421. The maximum absolute atomic E-state index is 13.0. The Balaban J connectivity index is 1.97. The summed E-state index contributed by atoms with van der Waals surface area (Å²) in [5.41, 5.74) is 0.285. The molecule has 1 N–H and O–H groups in total. The number of halogens is 1. The van der Waals surface area contributed by atoms with Crippen LogP contribution in [0.25, 0.3) is 0 Å². The Bertz CT molecular complexity index is 408. The minimum atomic E-state index is -0.427. The highest BCUT2D eigenvalue weighted by atomic mass is 19.1. The Morgan fingerprint density at radius 3 is 3.06 bits per heavy atom. The van der Waals surface area contributed by atoms with Crippen molar-refractivity contribution in [3.8, 4) is 0 Å². The van der Waals surface area contributed by atoms with Crippen LogP contribution in [0.15, 0.2) is 24.3 Å². The summed E-state index contributed by atoms with van der Waals surface area (Å²) in [5.74, 6) is -0.838. The molecule has 1 aromatic carbocycles. The van der Waals surface area contributed by atoms with Gasteiger partial charge in [0.25, 0.3) is 0 Å². The smallest absolute Gasteiger partial charge is 0.338 e. The van der Waals surface area contributed by atoms with Gasteiger partial charge in [-0.2, -0.15) is 0 Å². The van der Waals surface area contributed by atoms with E-state index in [0.29, 0.717) is 0 Å². The van der Waals surface area contributed by atoms with E-state index >= 15 is 0 Å². The number of likely N-dealkylation sites (N-methyl/N-ethyl adjacent to an activating group) is 1. The molecule has 3 nitrogen and oxygen atoms in total. The van der Waals surface area contributed by atoms with Crippen LogP contribution in [0.4, 0.5) is 4.39 Å². The fourth-order valence-electron chi connectivity index (χ4n) is 2.16. The number of carbonyl (C=O) groups excluding carboxylic acids is 1. The molecule has 17 heavy (non-hydrogen) atoms. The first-order valence-electron chi connectivity index (χ1n) is 5.93. The van der Waals surface area contributed by atoms with Crippen LogP contribution in [0.5, 0.6) is 0 Å². The van der Waals surface area contributed by atoms with Crippen molar-refractivity contribution >= 4 is 5.97 Å².